The molecule has 0 saturated carbocycles. The van der Waals surface area contributed by atoms with Gasteiger partial charge in [0.05, 0.1) is 16.7 Å². The Bertz CT molecular complexity index is 457. The molecule has 0 aliphatic carbocycles. The molecule has 1 N–H and O–H groups in total. The maximum Gasteiger partial charge on any atom is 0.0679 e. The maximum atomic E-state index is 6.09. The van der Waals surface area contributed by atoms with E-state index in [-0.39, 0.29) is 0 Å². The van der Waals surface area contributed by atoms with E-state index in [9.17, 15) is 0 Å². The van der Waals surface area contributed by atoms with Crippen LogP contribution in [0.2, 0.25) is 10.0 Å². The summed E-state index contributed by atoms with van der Waals surface area (Å²) in [5.74, 6) is 0. The molecule has 1 aromatic rings. The van der Waals surface area contributed by atoms with Gasteiger partial charge in [-0.15, -0.1) is 0 Å². The minimum Gasteiger partial charge on any atom is -0.380 e. The van der Waals surface area contributed by atoms with E-state index in [2.05, 4.69) is 5.32 Å². The Morgan fingerprint density at radius 1 is 1.28 bits per heavy atom. The molecule has 18 heavy (non-hydrogen) atoms. The molecule has 2 nitrogen and oxygen atoms in total. The zero-order valence-corrected chi connectivity index (χ0v) is 11.9. The maximum absolute atomic E-state index is 6.09. The van der Waals surface area contributed by atoms with Gasteiger partial charge in [-0.25, -0.2) is 0 Å². The fraction of sp³-hybridized carbons (Fsp3) is 0.429. The van der Waals surface area contributed by atoms with Crippen molar-refractivity contribution in [2.45, 2.75) is 12.8 Å². The van der Waals surface area contributed by atoms with Crippen LogP contribution in [0.25, 0.3) is 5.57 Å². The number of ether oxygens (including phenoxy) is 1. The average Bonchev–Trinajstić information content (AvgIpc) is 2.59. The smallest absolute Gasteiger partial charge is 0.0679 e. The first kappa shape index (κ1) is 13.9. The van der Waals surface area contributed by atoms with Gasteiger partial charge in [-0.2, -0.15) is 0 Å². The van der Waals surface area contributed by atoms with Gasteiger partial charge in [0.15, 0.2) is 0 Å². The quantitative estimate of drug-likeness (QED) is 0.913. The summed E-state index contributed by atoms with van der Waals surface area (Å²) in [5.41, 5.74) is 3.76. The number of nitrogens with one attached hydrogen (secondary N) is 1. The molecule has 1 aliphatic rings. The van der Waals surface area contributed by atoms with Crippen LogP contribution >= 0.6 is 23.2 Å². The Kier molecular flexibility index (Phi) is 5.07. The second-order valence-electron chi connectivity index (χ2n) is 4.42. The van der Waals surface area contributed by atoms with Gasteiger partial charge < -0.3 is 10.1 Å². The largest absolute Gasteiger partial charge is 0.380 e. The number of benzene rings is 1. The number of hydrogen-bond donors (Lipinski definition) is 1. The van der Waals surface area contributed by atoms with E-state index in [0.29, 0.717) is 16.7 Å². The van der Waals surface area contributed by atoms with E-state index in [1.54, 1.807) is 7.11 Å². The highest BCUT2D eigenvalue weighted by atomic mass is 35.5. The third-order valence-electron chi connectivity index (χ3n) is 3.15. The average molecular weight is 286 g/mol. The molecule has 0 atom stereocenters. The molecule has 1 heterocycles. The third-order valence-corrected chi connectivity index (χ3v) is 3.89. The van der Waals surface area contributed by atoms with Crippen molar-refractivity contribution in [2.75, 3.05) is 26.8 Å². The van der Waals surface area contributed by atoms with Gasteiger partial charge in [-0.1, -0.05) is 29.3 Å². The molecule has 1 aromatic carbocycles. The summed E-state index contributed by atoms with van der Waals surface area (Å²) < 4.78 is 5.30. The minimum absolute atomic E-state index is 0.593. The first-order valence-electron chi connectivity index (χ1n) is 6.08. The van der Waals surface area contributed by atoms with Crippen LogP contribution in [0, 0.1) is 0 Å². The Balaban J connectivity index is 2.38. The zero-order chi connectivity index (χ0) is 13.0. The summed E-state index contributed by atoms with van der Waals surface area (Å²) in [5, 5.41) is 4.62. The van der Waals surface area contributed by atoms with Crippen LogP contribution in [0.4, 0.5) is 0 Å². The lowest BCUT2D eigenvalue weighted by Gasteiger charge is -2.13. The van der Waals surface area contributed by atoms with Crippen molar-refractivity contribution in [1.82, 2.24) is 5.32 Å². The zero-order valence-electron chi connectivity index (χ0n) is 10.4. The standard InChI is InChI=1S/C14H17Cl2NO/c1-18-9-11-3-2-6-17-8-12(11)10-4-5-13(15)14(16)7-10/h4-5,7,17H,2-3,6,8-9H2,1H3. The van der Waals surface area contributed by atoms with Crippen molar-refractivity contribution in [2.24, 2.45) is 0 Å². The van der Waals surface area contributed by atoms with Gasteiger partial charge in [0.25, 0.3) is 0 Å². The van der Waals surface area contributed by atoms with Crippen LogP contribution in [0.3, 0.4) is 0 Å². The lowest BCUT2D eigenvalue weighted by Crippen LogP contribution is -2.16. The molecule has 0 saturated heterocycles. The molecule has 0 unspecified atom stereocenters. The second-order valence-corrected chi connectivity index (χ2v) is 5.24. The third kappa shape index (κ3) is 3.27. The second kappa shape index (κ2) is 6.58. The lowest BCUT2D eigenvalue weighted by molar-refractivity contribution is 0.223. The fourth-order valence-corrected chi connectivity index (χ4v) is 2.54. The van der Waals surface area contributed by atoms with Crippen molar-refractivity contribution in [3.8, 4) is 0 Å². The van der Waals surface area contributed by atoms with Crippen LogP contribution < -0.4 is 5.32 Å². The highest BCUT2D eigenvalue weighted by molar-refractivity contribution is 6.42. The first-order chi connectivity index (χ1) is 8.72. The van der Waals surface area contributed by atoms with E-state index < -0.39 is 0 Å². The van der Waals surface area contributed by atoms with Crippen LogP contribution in [0.15, 0.2) is 23.8 Å². The van der Waals surface area contributed by atoms with Crippen molar-refractivity contribution in [3.63, 3.8) is 0 Å². The topological polar surface area (TPSA) is 21.3 Å². The first-order valence-corrected chi connectivity index (χ1v) is 6.84. The Morgan fingerprint density at radius 3 is 2.83 bits per heavy atom. The molecular formula is C14H17Cl2NO. The lowest BCUT2D eigenvalue weighted by atomic mass is 9.98. The fourth-order valence-electron chi connectivity index (χ4n) is 2.24. The van der Waals surface area contributed by atoms with E-state index in [1.165, 1.54) is 11.1 Å². The van der Waals surface area contributed by atoms with Gasteiger partial charge >= 0.3 is 0 Å². The summed E-state index contributed by atoms with van der Waals surface area (Å²) in [4.78, 5) is 0. The Morgan fingerprint density at radius 2 is 2.11 bits per heavy atom. The predicted octanol–water partition coefficient (Wildman–Crippen LogP) is 3.78. The molecule has 0 amide bonds. The normalized spacial score (nSPS) is 16.8. The molecule has 0 fully saturated rings. The summed E-state index contributed by atoms with van der Waals surface area (Å²) in [6, 6.07) is 5.80. The highest BCUT2D eigenvalue weighted by Gasteiger charge is 2.13. The number of rotatable bonds is 3. The molecule has 98 valence electrons. The van der Waals surface area contributed by atoms with Crippen LogP contribution in [-0.2, 0) is 4.74 Å². The molecule has 1 aliphatic heterocycles. The molecular weight excluding hydrogens is 269 g/mol. The van der Waals surface area contributed by atoms with E-state index >= 15 is 0 Å². The monoisotopic (exact) mass is 285 g/mol. The van der Waals surface area contributed by atoms with Gasteiger partial charge in [0.2, 0.25) is 0 Å². The van der Waals surface area contributed by atoms with Crippen LogP contribution in [-0.4, -0.2) is 26.8 Å². The molecule has 2 rings (SSSR count). The van der Waals surface area contributed by atoms with E-state index in [4.69, 9.17) is 27.9 Å². The summed E-state index contributed by atoms with van der Waals surface area (Å²) in [7, 11) is 1.73. The Labute approximate surface area is 118 Å². The van der Waals surface area contributed by atoms with Crippen molar-refractivity contribution < 1.29 is 4.74 Å². The Hall–Kier alpha value is -0.540. The molecule has 0 spiro atoms. The highest BCUT2D eigenvalue weighted by Crippen LogP contribution is 2.29. The molecule has 0 aromatic heterocycles. The minimum atomic E-state index is 0.593. The number of hydrogen-bond acceptors (Lipinski definition) is 2. The van der Waals surface area contributed by atoms with Gasteiger partial charge in [-0.3, -0.25) is 0 Å². The molecule has 0 radical (unpaired) electrons. The van der Waals surface area contributed by atoms with Crippen LogP contribution in [0.5, 0.6) is 0 Å². The molecule has 0 bridgehead atoms. The summed E-state index contributed by atoms with van der Waals surface area (Å²) >= 11 is 12.1. The number of methoxy groups -OCH3 is 1. The van der Waals surface area contributed by atoms with E-state index in [0.717, 1.165) is 31.5 Å². The van der Waals surface area contributed by atoms with Gasteiger partial charge in [-0.05, 0) is 48.2 Å². The molecule has 4 heteroatoms. The van der Waals surface area contributed by atoms with Crippen LogP contribution in [0.1, 0.15) is 18.4 Å². The summed E-state index contributed by atoms with van der Waals surface area (Å²) in [6.45, 7) is 2.58. The number of halogens is 2. The van der Waals surface area contributed by atoms with Crippen molar-refractivity contribution in [3.05, 3.63) is 39.4 Å². The van der Waals surface area contributed by atoms with Crippen molar-refractivity contribution in [1.29, 1.82) is 0 Å². The summed E-state index contributed by atoms with van der Waals surface area (Å²) in [6.07, 6.45) is 2.21. The van der Waals surface area contributed by atoms with Gasteiger partial charge in [0.1, 0.15) is 0 Å². The SMILES string of the molecule is COCC1=C(c2ccc(Cl)c(Cl)c2)CNCCC1. The van der Waals surface area contributed by atoms with Gasteiger partial charge in [0, 0.05) is 13.7 Å². The predicted molar refractivity (Wildman–Crippen MR) is 77.4 cm³/mol. The van der Waals surface area contributed by atoms with E-state index in [1.807, 2.05) is 18.2 Å². The van der Waals surface area contributed by atoms with Crippen molar-refractivity contribution >= 4 is 28.8 Å².